The number of benzene rings is 2. The molecule has 0 aliphatic heterocycles. The van der Waals surface area contributed by atoms with Gasteiger partial charge in [0.15, 0.2) is 5.82 Å². The third kappa shape index (κ3) is 4.53. The number of nitrogens with zero attached hydrogens (tertiary/aromatic N) is 3. The molecule has 140 valence electrons. The Morgan fingerprint density at radius 1 is 1.22 bits per heavy atom. The molecule has 0 aliphatic carbocycles. The van der Waals surface area contributed by atoms with Crippen LogP contribution < -0.4 is 5.32 Å². The van der Waals surface area contributed by atoms with E-state index in [1.807, 2.05) is 55.5 Å². The predicted octanol–water partition coefficient (Wildman–Crippen LogP) is 3.66. The molecule has 0 radical (unpaired) electrons. The summed E-state index contributed by atoms with van der Waals surface area (Å²) in [6.07, 6.45) is 0.724. The molecule has 2 aromatic carbocycles. The summed E-state index contributed by atoms with van der Waals surface area (Å²) in [5.74, 6) is 0.376. The third-order valence-electron chi connectivity index (χ3n) is 4.05. The highest BCUT2D eigenvalue weighted by molar-refractivity contribution is 6.31. The summed E-state index contributed by atoms with van der Waals surface area (Å²) < 4.78 is 6.63. The minimum atomic E-state index is -0.319. The van der Waals surface area contributed by atoms with Crippen LogP contribution in [0.5, 0.6) is 0 Å². The van der Waals surface area contributed by atoms with E-state index in [4.69, 9.17) is 16.3 Å². The van der Waals surface area contributed by atoms with Gasteiger partial charge in [-0.15, -0.1) is 5.10 Å². The zero-order chi connectivity index (χ0) is 19.2. The summed E-state index contributed by atoms with van der Waals surface area (Å²) in [5.41, 5.74) is 2.58. The molecule has 0 saturated carbocycles. The first-order valence-electron chi connectivity index (χ1n) is 8.66. The van der Waals surface area contributed by atoms with E-state index in [0.717, 1.165) is 23.2 Å². The molecule has 3 aromatic rings. The van der Waals surface area contributed by atoms with Gasteiger partial charge < -0.3 is 10.1 Å². The Morgan fingerprint density at radius 3 is 2.70 bits per heavy atom. The standard InChI is InChI=1S/C20H21ClN4O2/c1-14-9-10-16(13-17(14)21)25-19(15-7-4-3-5-8-15)23-18(24-25)20(26)22-11-6-12-27-2/h3-5,7-10,13H,6,11-12H2,1-2H3,(H,22,26). The van der Waals surface area contributed by atoms with Crippen LogP contribution in [0.15, 0.2) is 48.5 Å². The summed E-state index contributed by atoms with van der Waals surface area (Å²) in [5, 5.41) is 7.88. The first kappa shape index (κ1) is 19.1. The number of rotatable bonds is 7. The predicted molar refractivity (Wildman–Crippen MR) is 105 cm³/mol. The summed E-state index contributed by atoms with van der Waals surface area (Å²) in [6, 6.07) is 15.3. The zero-order valence-corrected chi connectivity index (χ0v) is 16.0. The molecule has 0 atom stereocenters. The van der Waals surface area contributed by atoms with Gasteiger partial charge in [0.05, 0.1) is 5.69 Å². The minimum Gasteiger partial charge on any atom is -0.385 e. The van der Waals surface area contributed by atoms with E-state index in [1.54, 1.807) is 11.8 Å². The van der Waals surface area contributed by atoms with Crippen LogP contribution in [0.4, 0.5) is 0 Å². The van der Waals surface area contributed by atoms with Crippen molar-refractivity contribution in [1.82, 2.24) is 20.1 Å². The second-order valence-electron chi connectivity index (χ2n) is 6.07. The van der Waals surface area contributed by atoms with E-state index in [0.29, 0.717) is 24.0 Å². The number of halogens is 1. The second kappa shape index (κ2) is 8.79. The lowest BCUT2D eigenvalue weighted by Crippen LogP contribution is -2.26. The lowest BCUT2D eigenvalue weighted by molar-refractivity contribution is 0.0938. The molecule has 0 saturated heterocycles. The van der Waals surface area contributed by atoms with Crippen molar-refractivity contribution in [2.24, 2.45) is 0 Å². The van der Waals surface area contributed by atoms with E-state index in [2.05, 4.69) is 15.4 Å². The normalized spacial score (nSPS) is 10.8. The van der Waals surface area contributed by atoms with Gasteiger partial charge in [-0.1, -0.05) is 48.0 Å². The number of carbonyl (C=O) groups excluding carboxylic acids is 1. The minimum absolute atomic E-state index is 0.114. The number of hydrogen-bond donors (Lipinski definition) is 1. The van der Waals surface area contributed by atoms with Gasteiger partial charge in [-0.25, -0.2) is 9.67 Å². The van der Waals surface area contributed by atoms with E-state index in [9.17, 15) is 4.79 Å². The van der Waals surface area contributed by atoms with E-state index >= 15 is 0 Å². The summed E-state index contributed by atoms with van der Waals surface area (Å²) in [6.45, 7) is 3.02. The Hall–Kier alpha value is -2.70. The molecule has 0 fully saturated rings. The first-order chi connectivity index (χ1) is 13.1. The lowest BCUT2D eigenvalue weighted by atomic mass is 10.2. The molecular weight excluding hydrogens is 364 g/mol. The molecule has 27 heavy (non-hydrogen) atoms. The fraction of sp³-hybridized carbons (Fsp3) is 0.250. The average Bonchev–Trinajstić information content (AvgIpc) is 3.13. The van der Waals surface area contributed by atoms with Crippen LogP contribution in [0.2, 0.25) is 5.02 Å². The highest BCUT2D eigenvalue weighted by Crippen LogP contribution is 2.24. The van der Waals surface area contributed by atoms with Gasteiger partial charge in [-0.2, -0.15) is 0 Å². The lowest BCUT2D eigenvalue weighted by Gasteiger charge is -2.07. The van der Waals surface area contributed by atoms with Gasteiger partial charge in [-0.3, -0.25) is 4.79 Å². The van der Waals surface area contributed by atoms with Crippen molar-refractivity contribution in [1.29, 1.82) is 0 Å². The quantitative estimate of drug-likeness (QED) is 0.631. The van der Waals surface area contributed by atoms with Crippen LogP contribution in [-0.2, 0) is 4.74 Å². The molecule has 3 rings (SSSR count). The Kier molecular flexibility index (Phi) is 6.21. The van der Waals surface area contributed by atoms with Crippen molar-refractivity contribution in [2.75, 3.05) is 20.3 Å². The fourth-order valence-electron chi connectivity index (χ4n) is 2.57. The monoisotopic (exact) mass is 384 g/mol. The number of methoxy groups -OCH3 is 1. The largest absolute Gasteiger partial charge is 0.385 e. The number of ether oxygens (including phenoxy) is 1. The maximum atomic E-state index is 12.4. The van der Waals surface area contributed by atoms with Crippen LogP contribution in [0, 0.1) is 6.92 Å². The topological polar surface area (TPSA) is 69.0 Å². The number of aromatic nitrogens is 3. The van der Waals surface area contributed by atoms with Crippen LogP contribution >= 0.6 is 11.6 Å². The zero-order valence-electron chi connectivity index (χ0n) is 15.3. The highest BCUT2D eigenvalue weighted by Gasteiger charge is 2.18. The molecule has 1 N–H and O–H groups in total. The molecule has 0 unspecified atom stereocenters. The second-order valence-corrected chi connectivity index (χ2v) is 6.48. The molecule has 1 heterocycles. The summed E-state index contributed by atoms with van der Waals surface area (Å²) in [7, 11) is 1.63. The van der Waals surface area contributed by atoms with Crippen molar-refractivity contribution in [3.05, 3.63) is 64.9 Å². The molecule has 7 heteroatoms. The maximum absolute atomic E-state index is 12.4. The smallest absolute Gasteiger partial charge is 0.290 e. The maximum Gasteiger partial charge on any atom is 0.290 e. The van der Waals surface area contributed by atoms with Gasteiger partial charge in [0.1, 0.15) is 0 Å². The third-order valence-corrected chi connectivity index (χ3v) is 4.46. The Morgan fingerprint density at radius 2 is 2.00 bits per heavy atom. The van der Waals surface area contributed by atoms with Crippen LogP contribution in [0.25, 0.3) is 17.1 Å². The molecule has 0 spiro atoms. The van der Waals surface area contributed by atoms with Gasteiger partial charge in [-0.05, 0) is 31.0 Å². The van der Waals surface area contributed by atoms with Gasteiger partial charge in [0.2, 0.25) is 5.82 Å². The molecule has 0 bridgehead atoms. The fourth-order valence-corrected chi connectivity index (χ4v) is 2.75. The van der Waals surface area contributed by atoms with Crippen LogP contribution in [0.3, 0.4) is 0 Å². The summed E-state index contributed by atoms with van der Waals surface area (Å²) in [4.78, 5) is 16.9. The van der Waals surface area contributed by atoms with Gasteiger partial charge in [0.25, 0.3) is 5.91 Å². The van der Waals surface area contributed by atoms with Crippen LogP contribution in [0.1, 0.15) is 22.6 Å². The number of hydrogen-bond acceptors (Lipinski definition) is 4. The first-order valence-corrected chi connectivity index (χ1v) is 9.04. The Balaban J connectivity index is 1.96. The van der Waals surface area contributed by atoms with Gasteiger partial charge >= 0.3 is 0 Å². The van der Waals surface area contributed by atoms with Crippen molar-refractivity contribution < 1.29 is 9.53 Å². The number of nitrogens with one attached hydrogen (secondary N) is 1. The van der Waals surface area contributed by atoms with Crippen molar-refractivity contribution in [2.45, 2.75) is 13.3 Å². The Labute approximate surface area is 163 Å². The molecule has 1 aromatic heterocycles. The molecule has 0 aliphatic rings. The Bertz CT molecular complexity index is 925. The van der Waals surface area contributed by atoms with Crippen molar-refractivity contribution >= 4 is 17.5 Å². The van der Waals surface area contributed by atoms with E-state index < -0.39 is 0 Å². The van der Waals surface area contributed by atoms with Gasteiger partial charge in [0, 0.05) is 30.8 Å². The molecule has 1 amide bonds. The number of amides is 1. The van der Waals surface area contributed by atoms with E-state index in [1.165, 1.54) is 0 Å². The van der Waals surface area contributed by atoms with Crippen molar-refractivity contribution in [3.8, 4) is 17.1 Å². The SMILES string of the molecule is COCCCNC(=O)c1nc(-c2ccccc2)n(-c2ccc(C)c(Cl)c2)n1. The van der Waals surface area contributed by atoms with E-state index in [-0.39, 0.29) is 11.7 Å². The molecular formula is C20H21ClN4O2. The van der Waals surface area contributed by atoms with Crippen molar-refractivity contribution in [3.63, 3.8) is 0 Å². The molecule has 6 nitrogen and oxygen atoms in total. The van der Waals surface area contributed by atoms with Crippen LogP contribution in [-0.4, -0.2) is 40.9 Å². The number of carbonyl (C=O) groups is 1. The highest BCUT2D eigenvalue weighted by atomic mass is 35.5. The average molecular weight is 385 g/mol. The number of aryl methyl sites for hydroxylation is 1. The summed E-state index contributed by atoms with van der Waals surface area (Å²) >= 11 is 6.28.